The third-order valence-electron chi connectivity index (χ3n) is 9.77. The number of benzene rings is 4. The number of aromatic nitrogens is 1. The number of alkyl halides is 6. The van der Waals surface area contributed by atoms with Crippen molar-refractivity contribution in [3.63, 3.8) is 0 Å². The molecule has 56 heavy (non-hydrogen) atoms. The zero-order chi connectivity index (χ0) is 40.9. The first-order chi connectivity index (χ1) is 26.3. The van der Waals surface area contributed by atoms with E-state index in [-0.39, 0.29) is 46.0 Å². The molecule has 1 N–H and O–H groups in total. The summed E-state index contributed by atoms with van der Waals surface area (Å²) in [5.41, 5.74) is -3.48. The van der Waals surface area contributed by atoms with Crippen molar-refractivity contribution >= 4 is 44.9 Å². The summed E-state index contributed by atoms with van der Waals surface area (Å²) in [6.07, 6.45) is -10.1. The van der Waals surface area contributed by atoms with Crippen LogP contribution in [0.3, 0.4) is 0 Å². The Morgan fingerprint density at radius 2 is 1.61 bits per heavy atom. The number of carbonyl (C=O) groups excluding carboxylic acids is 2. The van der Waals surface area contributed by atoms with Crippen molar-refractivity contribution in [2.75, 3.05) is 50.8 Å². The predicted molar refractivity (Wildman–Crippen MR) is 193 cm³/mol. The number of rotatable bonds is 8. The number of esters is 1. The topological polar surface area (TPSA) is 93.1 Å². The number of nitrogens with one attached hydrogen (secondary N) is 1. The van der Waals surface area contributed by atoms with Gasteiger partial charge in [-0.15, -0.1) is 0 Å². The molecule has 2 atom stereocenters. The van der Waals surface area contributed by atoms with Crippen molar-refractivity contribution in [3.05, 3.63) is 105 Å². The van der Waals surface area contributed by atoms with E-state index in [1.165, 1.54) is 61.6 Å². The number of hydrogen-bond acceptors (Lipinski definition) is 7. The molecule has 6 rings (SSSR count). The van der Waals surface area contributed by atoms with E-state index in [9.17, 15) is 40.7 Å². The summed E-state index contributed by atoms with van der Waals surface area (Å²) in [5, 5.41) is 2.50. The van der Waals surface area contributed by atoms with E-state index < -0.39 is 88.9 Å². The van der Waals surface area contributed by atoms with Gasteiger partial charge in [-0.25, -0.2) is 13.6 Å². The maximum absolute atomic E-state index is 15.4. The molecule has 0 bridgehead atoms. The van der Waals surface area contributed by atoms with Gasteiger partial charge in [0.25, 0.3) is 11.5 Å². The number of morpholine rings is 1. The zero-order valence-corrected chi connectivity index (χ0v) is 30.2. The van der Waals surface area contributed by atoms with Crippen LogP contribution in [0.1, 0.15) is 21.5 Å². The minimum atomic E-state index is -4.97. The standard InChI is InChI=1S/C39H34F8N4O5/c1-49(2)21-11-12-26-30(18-21)50(3)36(53)32(34(26)39(45,46)47)25-10-6-8-23-20(7-5-9-24(23)25)15-29(37(54)55-4)48-35(52)33-27(40)16-22(17-28(33)41)51-13-14-56-19-31(51)38(42,43)44/h5-12,16-18,29,31H,13-15,19H2,1-4H3,(H,48,52)/t29-,31+/m0/s1. The molecule has 1 fully saturated rings. The predicted octanol–water partition coefficient (Wildman–Crippen LogP) is 7.00. The number of aryl methyl sites for hydroxylation is 1. The molecule has 1 aliphatic rings. The summed E-state index contributed by atoms with van der Waals surface area (Å²) in [6, 6.07) is 10.4. The molecular formula is C39H34F8N4O5. The van der Waals surface area contributed by atoms with E-state index in [1.54, 1.807) is 19.0 Å². The van der Waals surface area contributed by atoms with Crippen LogP contribution in [0.4, 0.5) is 46.5 Å². The second-order valence-corrected chi connectivity index (χ2v) is 13.4. The summed E-state index contributed by atoms with van der Waals surface area (Å²) < 4.78 is 127. The van der Waals surface area contributed by atoms with Gasteiger partial charge in [-0.05, 0) is 46.2 Å². The Kier molecular flexibility index (Phi) is 10.8. The van der Waals surface area contributed by atoms with Crippen molar-refractivity contribution < 1.29 is 54.2 Å². The molecule has 1 aromatic heterocycles. The number of carbonyl (C=O) groups is 2. The molecule has 2 heterocycles. The highest BCUT2D eigenvalue weighted by atomic mass is 19.4. The second-order valence-electron chi connectivity index (χ2n) is 13.4. The third kappa shape index (κ3) is 7.46. The van der Waals surface area contributed by atoms with Crippen LogP contribution in [0.5, 0.6) is 0 Å². The van der Waals surface area contributed by atoms with Gasteiger partial charge in [-0.2, -0.15) is 26.3 Å². The molecular weight excluding hydrogens is 756 g/mol. The molecule has 296 valence electrons. The number of fused-ring (bicyclic) bond motifs is 2. The smallest absolute Gasteiger partial charge is 0.417 e. The van der Waals surface area contributed by atoms with E-state index in [0.717, 1.165) is 16.6 Å². The molecule has 0 spiro atoms. The van der Waals surface area contributed by atoms with Crippen LogP contribution in [-0.4, -0.2) is 75.7 Å². The first kappa shape index (κ1) is 40.0. The average molecular weight is 791 g/mol. The Hall–Kier alpha value is -5.71. The number of methoxy groups -OCH3 is 1. The average Bonchev–Trinajstić information content (AvgIpc) is 3.14. The molecule has 1 amide bonds. The van der Waals surface area contributed by atoms with Gasteiger partial charge >= 0.3 is 18.3 Å². The van der Waals surface area contributed by atoms with E-state index in [1.807, 2.05) is 0 Å². The number of pyridine rings is 1. The normalized spacial score (nSPS) is 15.6. The molecule has 1 saturated heterocycles. The SMILES string of the molecule is COC(=O)[C@H](Cc1cccc2c(-c3c(C(F)(F)F)c4ccc(N(C)C)cc4n(C)c3=O)cccc12)NC(=O)c1c(F)cc(N2CCOC[C@@H]2C(F)(F)F)cc1F. The summed E-state index contributed by atoms with van der Waals surface area (Å²) in [5.74, 6) is -5.48. The van der Waals surface area contributed by atoms with Crippen LogP contribution < -0.4 is 20.7 Å². The van der Waals surface area contributed by atoms with Gasteiger partial charge in [0.2, 0.25) is 0 Å². The molecule has 1 aliphatic heterocycles. The fourth-order valence-electron chi connectivity index (χ4n) is 7.03. The number of hydrogen-bond donors (Lipinski definition) is 1. The van der Waals surface area contributed by atoms with Crippen LogP contribution in [0.2, 0.25) is 0 Å². The van der Waals surface area contributed by atoms with Crippen molar-refractivity contribution in [1.82, 2.24) is 9.88 Å². The molecule has 0 saturated carbocycles. The molecule has 17 heteroatoms. The summed E-state index contributed by atoms with van der Waals surface area (Å²) in [6.45, 7) is -1.25. The number of halogens is 8. The van der Waals surface area contributed by atoms with Gasteiger partial charge in [-0.3, -0.25) is 9.59 Å². The number of nitrogens with zero attached hydrogens (tertiary/aromatic N) is 3. The van der Waals surface area contributed by atoms with Gasteiger partial charge < -0.3 is 29.2 Å². The maximum Gasteiger partial charge on any atom is 0.417 e. The first-order valence-electron chi connectivity index (χ1n) is 17.0. The number of anilines is 2. The van der Waals surface area contributed by atoms with Gasteiger partial charge in [0.05, 0.1) is 37.0 Å². The molecule has 4 aromatic carbocycles. The van der Waals surface area contributed by atoms with Crippen LogP contribution in [-0.2, 0) is 33.9 Å². The van der Waals surface area contributed by atoms with E-state index in [0.29, 0.717) is 17.8 Å². The minimum Gasteiger partial charge on any atom is -0.467 e. The Morgan fingerprint density at radius 3 is 2.23 bits per heavy atom. The van der Waals surface area contributed by atoms with E-state index in [2.05, 4.69) is 5.32 Å². The zero-order valence-electron chi connectivity index (χ0n) is 30.2. The van der Waals surface area contributed by atoms with Crippen LogP contribution >= 0.6 is 0 Å². The fraction of sp³-hybridized carbons (Fsp3) is 0.308. The summed E-state index contributed by atoms with van der Waals surface area (Å²) in [4.78, 5) is 42.6. The molecule has 5 aromatic rings. The maximum atomic E-state index is 15.4. The fourth-order valence-corrected chi connectivity index (χ4v) is 7.03. The lowest BCUT2D eigenvalue weighted by Gasteiger charge is -2.38. The summed E-state index contributed by atoms with van der Waals surface area (Å²) in [7, 11) is 5.78. The largest absolute Gasteiger partial charge is 0.467 e. The minimum absolute atomic E-state index is 0.0592. The Balaban J connectivity index is 1.39. The molecule has 9 nitrogen and oxygen atoms in total. The second kappa shape index (κ2) is 15.1. The van der Waals surface area contributed by atoms with Crippen molar-refractivity contribution in [3.8, 4) is 11.1 Å². The van der Waals surface area contributed by atoms with Crippen molar-refractivity contribution in [1.29, 1.82) is 0 Å². The van der Waals surface area contributed by atoms with Gasteiger partial charge in [-0.1, -0.05) is 42.5 Å². The van der Waals surface area contributed by atoms with Gasteiger partial charge in [0.15, 0.2) is 0 Å². The van der Waals surface area contributed by atoms with Crippen LogP contribution in [0, 0.1) is 11.6 Å². The Bertz CT molecular complexity index is 2390. The molecule has 0 radical (unpaired) electrons. The first-order valence-corrected chi connectivity index (χ1v) is 17.0. The van der Waals surface area contributed by atoms with Gasteiger partial charge in [0, 0.05) is 50.9 Å². The highest BCUT2D eigenvalue weighted by Crippen LogP contribution is 2.43. The van der Waals surface area contributed by atoms with E-state index in [4.69, 9.17) is 9.47 Å². The van der Waals surface area contributed by atoms with Crippen molar-refractivity contribution in [2.45, 2.75) is 30.9 Å². The lowest BCUT2D eigenvalue weighted by molar-refractivity contribution is -0.167. The third-order valence-corrected chi connectivity index (χ3v) is 9.77. The Labute approximate surface area is 314 Å². The van der Waals surface area contributed by atoms with E-state index >= 15 is 8.78 Å². The number of ether oxygens (including phenoxy) is 2. The highest BCUT2D eigenvalue weighted by Gasteiger charge is 2.46. The van der Waals surface area contributed by atoms with Crippen LogP contribution in [0.15, 0.2) is 71.5 Å². The highest BCUT2D eigenvalue weighted by molar-refractivity contribution is 6.02. The number of amides is 1. The lowest BCUT2D eigenvalue weighted by atomic mass is 9.90. The quantitative estimate of drug-likeness (QED) is 0.134. The van der Waals surface area contributed by atoms with Crippen LogP contribution in [0.25, 0.3) is 32.8 Å². The molecule has 0 aliphatic carbocycles. The molecule has 0 unspecified atom stereocenters. The van der Waals surface area contributed by atoms with Gasteiger partial charge in [0.1, 0.15) is 29.3 Å². The summed E-state index contributed by atoms with van der Waals surface area (Å²) >= 11 is 0. The Morgan fingerprint density at radius 1 is 0.946 bits per heavy atom. The lowest BCUT2D eigenvalue weighted by Crippen LogP contribution is -2.53. The van der Waals surface area contributed by atoms with Crippen molar-refractivity contribution in [2.24, 2.45) is 7.05 Å². The monoisotopic (exact) mass is 790 g/mol.